The Morgan fingerprint density at radius 1 is 1.19 bits per heavy atom. The molecule has 0 aliphatic carbocycles. The first-order valence-corrected chi connectivity index (χ1v) is 9.09. The maximum Gasteiger partial charge on any atom is 0.243 e. The zero-order valence-corrected chi connectivity index (χ0v) is 13.4. The molecule has 0 aromatic heterocycles. The normalized spacial score (nSPS) is 24.7. The first-order valence-electron chi connectivity index (χ1n) is 7.28. The molecule has 2 heterocycles. The minimum Gasteiger partial charge on any atom is -0.397 e. The van der Waals surface area contributed by atoms with Crippen LogP contribution in [-0.4, -0.2) is 49.8 Å². The third kappa shape index (κ3) is 2.90. The summed E-state index contributed by atoms with van der Waals surface area (Å²) in [5.41, 5.74) is 6.02. The molecule has 1 unspecified atom stereocenters. The number of halogens is 1. The van der Waals surface area contributed by atoms with Gasteiger partial charge in [0.15, 0.2) is 0 Å². The van der Waals surface area contributed by atoms with Crippen molar-refractivity contribution in [2.45, 2.75) is 30.2 Å². The summed E-state index contributed by atoms with van der Waals surface area (Å²) in [7, 11) is -3.47. The standard InChI is InChI=1S/C14H20ClN3O2S/c15-13-4-3-12(9-14(13)16)21(19,20)18-8-5-11(10-18)17-6-1-2-7-17/h3-4,9,11H,1-2,5-8,10,16H2. The van der Waals surface area contributed by atoms with Crippen LogP contribution in [0.15, 0.2) is 23.1 Å². The molecule has 0 radical (unpaired) electrons. The van der Waals surface area contributed by atoms with E-state index >= 15 is 0 Å². The number of benzene rings is 1. The molecule has 5 nitrogen and oxygen atoms in total. The fourth-order valence-corrected chi connectivity index (χ4v) is 4.81. The lowest BCUT2D eigenvalue weighted by atomic mass is 10.2. The molecule has 1 aromatic rings. The van der Waals surface area contributed by atoms with Crippen molar-refractivity contribution in [2.75, 3.05) is 31.9 Å². The Balaban J connectivity index is 1.77. The summed E-state index contributed by atoms with van der Waals surface area (Å²) in [6, 6.07) is 4.86. The zero-order valence-electron chi connectivity index (χ0n) is 11.8. The molecule has 21 heavy (non-hydrogen) atoms. The van der Waals surface area contributed by atoms with E-state index in [1.807, 2.05) is 0 Å². The summed E-state index contributed by atoms with van der Waals surface area (Å²) in [5.74, 6) is 0. The van der Waals surface area contributed by atoms with Gasteiger partial charge in [0.05, 0.1) is 15.6 Å². The average molecular weight is 330 g/mol. The summed E-state index contributed by atoms with van der Waals surface area (Å²) in [5, 5.41) is 0.380. The van der Waals surface area contributed by atoms with Gasteiger partial charge in [0.1, 0.15) is 0 Å². The van der Waals surface area contributed by atoms with Crippen molar-refractivity contribution in [2.24, 2.45) is 0 Å². The molecule has 2 fully saturated rings. The number of rotatable bonds is 3. The first-order chi connectivity index (χ1) is 9.98. The van der Waals surface area contributed by atoms with Gasteiger partial charge in [-0.2, -0.15) is 4.31 Å². The lowest BCUT2D eigenvalue weighted by Crippen LogP contribution is -2.37. The van der Waals surface area contributed by atoms with Gasteiger partial charge >= 0.3 is 0 Å². The third-order valence-electron chi connectivity index (χ3n) is 4.39. The summed E-state index contributed by atoms with van der Waals surface area (Å²) in [4.78, 5) is 2.64. The van der Waals surface area contributed by atoms with Gasteiger partial charge in [0.25, 0.3) is 0 Å². The highest BCUT2D eigenvalue weighted by Crippen LogP contribution is 2.28. The number of nitrogens with zero attached hydrogens (tertiary/aromatic N) is 2. The van der Waals surface area contributed by atoms with E-state index in [1.54, 1.807) is 4.31 Å². The molecule has 3 rings (SSSR count). The van der Waals surface area contributed by atoms with E-state index in [2.05, 4.69) is 4.90 Å². The number of hydrogen-bond acceptors (Lipinski definition) is 4. The van der Waals surface area contributed by atoms with Gasteiger partial charge in [-0.05, 0) is 50.6 Å². The van der Waals surface area contributed by atoms with E-state index in [4.69, 9.17) is 17.3 Å². The number of likely N-dealkylation sites (tertiary alicyclic amines) is 1. The molecular formula is C14H20ClN3O2S. The van der Waals surface area contributed by atoms with Crippen LogP contribution in [-0.2, 0) is 10.0 Å². The van der Waals surface area contributed by atoms with Gasteiger partial charge in [-0.15, -0.1) is 0 Å². The van der Waals surface area contributed by atoms with E-state index < -0.39 is 10.0 Å². The highest BCUT2D eigenvalue weighted by molar-refractivity contribution is 7.89. The smallest absolute Gasteiger partial charge is 0.243 e. The van der Waals surface area contributed by atoms with Gasteiger partial charge in [0, 0.05) is 19.1 Å². The Morgan fingerprint density at radius 3 is 2.57 bits per heavy atom. The van der Waals surface area contributed by atoms with Crippen molar-refractivity contribution in [3.05, 3.63) is 23.2 Å². The predicted octanol–water partition coefficient (Wildman–Crippen LogP) is 1.78. The molecule has 0 saturated carbocycles. The quantitative estimate of drug-likeness (QED) is 0.858. The molecule has 7 heteroatoms. The van der Waals surface area contributed by atoms with Crippen LogP contribution in [0.3, 0.4) is 0 Å². The molecule has 2 aliphatic heterocycles. The average Bonchev–Trinajstić information content (AvgIpc) is 3.11. The van der Waals surface area contributed by atoms with Crippen LogP contribution >= 0.6 is 11.6 Å². The van der Waals surface area contributed by atoms with Crippen LogP contribution < -0.4 is 5.73 Å². The highest BCUT2D eigenvalue weighted by atomic mass is 35.5. The summed E-state index contributed by atoms with van der Waals surface area (Å²) in [6.07, 6.45) is 3.34. The molecule has 2 saturated heterocycles. The van der Waals surface area contributed by atoms with Crippen molar-refractivity contribution < 1.29 is 8.42 Å². The minimum absolute atomic E-state index is 0.228. The Kier molecular flexibility index (Phi) is 4.14. The van der Waals surface area contributed by atoms with Crippen molar-refractivity contribution in [3.8, 4) is 0 Å². The lowest BCUT2D eigenvalue weighted by molar-refractivity contribution is 0.251. The molecule has 0 spiro atoms. The molecule has 1 atom stereocenters. The second-order valence-corrected chi connectivity index (χ2v) is 8.08. The van der Waals surface area contributed by atoms with E-state index in [0.717, 1.165) is 19.5 Å². The Hall–Kier alpha value is -0.820. The molecule has 1 aromatic carbocycles. The predicted molar refractivity (Wildman–Crippen MR) is 83.8 cm³/mol. The Morgan fingerprint density at radius 2 is 1.90 bits per heavy atom. The Labute approximate surface area is 130 Å². The molecule has 116 valence electrons. The van der Waals surface area contributed by atoms with Gasteiger partial charge in [0.2, 0.25) is 10.0 Å². The van der Waals surface area contributed by atoms with Crippen LogP contribution in [0.2, 0.25) is 5.02 Å². The van der Waals surface area contributed by atoms with Crippen molar-refractivity contribution in [3.63, 3.8) is 0 Å². The maximum atomic E-state index is 12.7. The third-order valence-corrected chi connectivity index (χ3v) is 6.59. The second-order valence-electron chi connectivity index (χ2n) is 5.73. The van der Waals surface area contributed by atoms with Crippen LogP contribution in [0.5, 0.6) is 0 Å². The fourth-order valence-electron chi connectivity index (χ4n) is 3.17. The van der Waals surface area contributed by atoms with Crippen molar-refractivity contribution in [1.29, 1.82) is 0 Å². The van der Waals surface area contributed by atoms with Crippen LogP contribution in [0.25, 0.3) is 0 Å². The summed E-state index contributed by atoms with van der Waals surface area (Å²) < 4.78 is 26.9. The van der Waals surface area contributed by atoms with Crippen LogP contribution in [0, 0.1) is 0 Å². The highest BCUT2D eigenvalue weighted by Gasteiger charge is 2.35. The van der Waals surface area contributed by atoms with Crippen LogP contribution in [0.4, 0.5) is 5.69 Å². The van der Waals surface area contributed by atoms with Crippen molar-refractivity contribution >= 4 is 27.3 Å². The number of anilines is 1. The number of nitrogen functional groups attached to an aromatic ring is 1. The van der Waals surface area contributed by atoms with E-state index in [1.165, 1.54) is 31.0 Å². The van der Waals surface area contributed by atoms with Gasteiger partial charge in [-0.25, -0.2) is 8.42 Å². The monoisotopic (exact) mass is 329 g/mol. The zero-order chi connectivity index (χ0) is 15.0. The molecular weight excluding hydrogens is 310 g/mol. The summed E-state index contributed by atoms with van der Waals surface area (Å²) >= 11 is 5.86. The largest absolute Gasteiger partial charge is 0.397 e. The van der Waals surface area contributed by atoms with Gasteiger partial charge in [-0.3, -0.25) is 4.90 Å². The van der Waals surface area contributed by atoms with Crippen LogP contribution in [0.1, 0.15) is 19.3 Å². The van der Waals surface area contributed by atoms with Gasteiger partial charge in [-0.1, -0.05) is 11.6 Å². The molecule has 0 bridgehead atoms. The maximum absolute atomic E-state index is 12.7. The number of nitrogens with two attached hydrogens (primary N) is 1. The number of sulfonamides is 1. The Bertz CT molecular complexity index is 629. The topological polar surface area (TPSA) is 66.6 Å². The molecule has 2 N–H and O–H groups in total. The van der Waals surface area contributed by atoms with E-state index in [-0.39, 0.29) is 4.90 Å². The molecule has 2 aliphatic rings. The van der Waals surface area contributed by atoms with E-state index in [0.29, 0.717) is 29.8 Å². The van der Waals surface area contributed by atoms with E-state index in [9.17, 15) is 8.42 Å². The number of hydrogen-bond donors (Lipinski definition) is 1. The first kappa shape index (κ1) is 15.1. The fraction of sp³-hybridized carbons (Fsp3) is 0.571. The molecule has 0 amide bonds. The van der Waals surface area contributed by atoms with Crippen molar-refractivity contribution in [1.82, 2.24) is 9.21 Å². The second kappa shape index (κ2) is 5.76. The lowest BCUT2D eigenvalue weighted by Gasteiger charge is -2.23. The summed E-state index contributed by atoms with van der Waals surface area (Å²) in [6.45, 7) is 3.33. The van der Waals surface area contributed by atoms with Gasteiger partial charge < -0.3 is 5.73 Å². The SMILES string of the molecule is Nc1cc(S(=O)(=O)N2CCC(N3CCCC3)C2)ccc1Cl. The minimum atomic E-state index is -3.47.